The van der Waals surface area contributed by atoms with Crippen molar-refractivity contribution in [2.24, 2.45) is 5.92 Å². The molecule has 1 aliphatic heterocycles. The summed E-state index contributed by atoms with van der Waals surface area (Å²) >= 11 is 0. The van der Waals surface area contributed by atoms with Crippen LogP contribution in [0.15, 0.2) is 12.4 Å². The largest absolute Gasteiger partial charge is 0.373 e. The third kappa shape index (κ3) is 3.27. The van der Waals surface area contributed by atoms with Gasteiger partial charge in [0, 0.05) is 43.3 Å². The Morgan fingerprint density at radius 2 is 2.32 bits per heavy atom. The molecule has 7 heteroatoms. The molecule has 0 radical (unpaired) electrons. The molecule has 2 N–H and O–H groups in total. The van der Waals surface area contributed by atoms with Gasteiger partial charge in [0.15, 0.2) is 5.82 Å². The highest BCUT2D eigenvalue weighted by Gasteiger charge is 2.31. The van der Waals surface area contributed by atoms with Crippen LogP contribution in [-0.4, -0.2) is 33.1 Å². The van der Waals surface area contributed by atoms with Crippen LogP contribution in [0.5, 0.6) is 0 Å². The van der Waals surface area contributed by atoms with Crippen LogP contribution in [0.2, 0.25) is 0 Å². The van der Waals surface area contributed by atoms with E-state index in [4.69, 9.17) is 4.74 Å². The summed E-state index contributed by atoms with van der Waals surface area (Å²) in [4.78, 5) is 0. The van der Waals surface area contributed by atoms with E-state index >= 15 is 0 Å². The Hall–Kier alpha value is -2.33. The molecular weight excluding hydrogens is 316 g/mol. The molecule has 0 spiro atoms. The van der Waals surface area contributed by atoms with E-state index in [1.54, 1.807) is 0 Å². The van der Waals surface area contributed by atoms with Crippen LogP contribution in [-0.2, 0) is 11.3 Å². The first-order valence-electron chi connectivity index (χ1n) is 9.16. The molecule has 2 aromatic heterocycles. The van der Waals surface area contributed by atoms with Gasteiger partial charge in [-0.05, 0) is 32.6 Å². The van der Waals surface area contributed by atoms with E-state index in [1.807, 2.05) is 10.9 Å². The van der Waals surface area contributed by atoms with Crippen molar-refractivity contribution in [2.45, 2.75) is 51.2 Å². The Morgan fingerprint density at radius 3 is 3.04 bits per heavy atom. The fourth-order valence-electron chi connectivity index (χ4n) is 3.61. The predicted octanol–water partition coefficient (Wildman–Crippen LogP) is 2.95. The maximum Gasteiger partial charge on any atom is 0.166 e. The van der Waals surface area contributed by atoms with Crippen LogP contribution in [0.1, 0.15) is 61.4 Å². The topological polar surface area (TPSA) is 91.5 Å². The number of nitrogens with zero attached hydrogens (tertiary/aromatic N) is 4. The lowest BCUT2D eigenvalue weighted by molar-refractivity contribution is -0.0239. The summed E-state index contributed by atoms with van der Waals surface area (Å²) in [5.74, 6) is 1.51. The van der Waals surface area contributed by atoms with Crippen molar-refractivity contribution >= 4 is 5.82 Å². The Balaban J connectivity index is 1.46. The maximum absolute atomic E-state index is 9.48. The highest BCUT2D eigenvalue weighted by molar-refractivity contribution is 5.56. The van der Waals surface area contributed by atoms with Gasteiger partial charge in [0.25, 0.3) is 0 Å². The minimum Gasteiger partial charge on any atom is -0.373 e. The van der Waals surface area contributed by atoms with Crippen molar-refractivity contribution in [2.75, 3.05) is 18.5 Å². The molecule has 2 aliphatic rings. The van der Waals surface area contributed by atoms with Gasteiger partial charge in [-0.3, -0.25) is 9.78 Å². The quantitative estimate of drug-likeness (QED) is 0.843. The molecule has 2 aromatic rings. The molecule has 25 heavy (non-hydrogen) atoms. The van der Waals surface area contributed by atoms with Crippen LogP contribution in [0.3, 0.4) is 0 Å². The molecule has 2 atom stereocenters. The summed E-state index contributed by atoms with van der Waals surface area (Å²) in [5, 5.41) is 24.6. The number of anilines is 1. The zero-order valence-corrected chi connectivity index (χ0v) is 14.5. The number of H-pyrrole nitrogens is 1. The highest BCUT2D eigenvalue weighted by atomic mass is 16.5. The van der Waals surface area contributed by atoms with Gasteiger partial charge < -0.3 is 10.1 Å². The van der Waals surface area contributed by atoms with Crippen molar-refractivity contribution < 1.29 is 4.74 Å². The summed E-state index contributed by atoms with van der Waals surface area (Å²) in [6.07, 6.45) is 8.48. The molecule has 1 saturated heterocycles. The second kappa shape index (κ2) is 6.89. The van der Waals surface area contributed by atoms with Gasteiger partial charge in [-0.25, -0.2) is 0 Å². The van der Waals surface area contributed by atoms with Crippen molar-refractivity contribution in [3.05, 3.63) is 29.2 Å². The Kier molecular flexibility index (Phi) is 4.45. The molecule has 132 valence electrons. The lowest BCUT2D eigenvalue weighted by Gasteiger charge is -2.31. The Labute approximate surface area is 147 Å². The van der Waals surface area contributed by atoms with E-state index in [0.717, 1.165) is 56.6 Å². The molecule has 0 amide bonds. The average Bonchev–Trinajstić information content (AvgIpc) is 3.23. The normalized spacial score (nSPS) is 23.4. The first kappa shape index (κ1) is 16.2. The summed E-state index contributed by atoms with van der Waals surface area (Å²) in [7, 11) is 0. The molecular formula is C18H24N6O. The Bertz CT molecular complexity index is 769. The third-order valence-electron chi connectivity index (χ3n) is 5.17. The van der Waals surface area contributed by atoms with Crippen LogP contribution >= 0.6 is 0 Å². The van der Waals surface area contributed by atoms with Crippen LogP contribution in [0, 0.1) is 17.2 Å². The minimum absolute atomic E-state index is 0.0499. The number of aromatic amines is 1. The summed E-state index contributed by atoms with van der Waals surface area (Å²) in [6, 6.07) is 2.31. The lowest BCUT2D eigenvalue weighted by atomic mass is 9.91. The number of aromatic nitrogens is 4. The summed E-state index contributed by atoms with van der Waals surface area (Å²) in [6.45, 7) is 4.47. The van der Waals surface area contributed by atoms with Gasteiger partial charge in [0.05, 0.1) is 18.0 Å². The fourth-order valence-corrected chi connectivity index (χ4v) is 3.61. The van der Waals surface area contributed by atoms with Gasteiger partial charge in [0.1, 0.15) is 11.6 Å². The molecule has 0 unspecified atom stereocenters. The SMILES string of the molecule is CCn1cc([C@@H]2OCCC[C@H]2CNc2n[nH]c(C3CC3)c2C#N)cn1. The number of nitrogens with one attached hydrogen (secondary N) is 2. The zero-order chi connectivity index (χ0) is 17.2. The molecule has 4 rings (SSSR count). The van der Waals surface area contributed by atoms with E-state index in [9.17, 15) is 5.26 Å². The number of aryl methyl sites for hydroxylation is 1. The minimum atomic E-state index is 0.0499. The standard InChI is InChI=1S/C18H24N6O/c1-2-24-11-14(10-21-24)17-13(4-3-7-25-17)9-20-18-15(8-19)16(22-23-18)12-5-6-12/h10-13,17H,2-7,9H2,1H3,(H2,20,22,23)/t13-,17+/m0/s1. The van der Waals surface area contributed by atoms with Gasteiger partial charge in [-0.15, -0.1) is 0 Å². The number of rotatable bonds is 6. The van der Waals surface area contributed by atoms with Crippen molar-refractivity contribution in [3.8, 4) is 6.07 Å². The van der Waals surface area contributed by atoms with Gasteiger partial charge in [-0.2, -0.15) is 15.5 Å². The molecule has 0 aromatic carbocycles. The average molecular weight is 340 g/mol. The number of hydrogen-bond acceptors (Lipinski definition) is 5. The Morgan fingerprint density at radius 1 is 1.44 bits per heavy atom. The molecule has 0 bridgehead atoms. The monoisotopic (exact) mass is 340 g/mol. The van der Waals surface area contributed by atoms with E-state index in [1.165, 1.54) is 0 Å². The molecule has 1 saturated carbocycles. The number of nitriles is 1. The third-order valence-corrected chi connectivity index (χ3v) is 5.17. The van der Waals surface area contributed by atoms with Gasteiger partial charge in [0.2, 0.25) is 0 Å². The summed E-state index contributed by atoms with van der Waals surface area (Å²) < 4.78 is 7.98. The smallest absolute Gasteiger partial charge is 0.166 e. The summed E-state index contributed by atoms with van der Waals surface area (Å²) in [5.41, 5.74) is 2.80. The van der Waals surface area contributed by atoms with E-state index in [-0.39, 0.29) is 6.10 Å². The van der Waals surface area contributed by atoms with E-state index in [0.29, 0.717) is 23.2 Å². The van der Waals surface area contributed by atoms with Gasteiger partial charge in [-0.1, -0.05) is 0 Å². The molecule has 3 heterocycles. The lowest BCUT2D eigenvalue weighted by Crippen LogP contribution is -2.28. The van der Waals surface area contributed by atoms with Crippen molar-refractivity contribution in [1.29, 1.82) is 5.26 Å². The van der Waals surface area contributed by atoms with E-state index in [2.05, 4.69) is 39.8 Å². The highest BCUT2D eigenvalue weighted by Crippen LogP contribution is 2.42. The van der Waals surface area contributed by atoms with Crippen LogP contribution < -0.4 is 5.32 Å². The molecule has 2 fully saturated rings. The van der Waals surface area contributed by atoms with E-state index < -0.39 is 0 Å². The first-order valence-corrected chi connectivity index (χ1v) is 9.16. The number of hydrogen-bond donors (Lipinski definition) is 2. The van der Waals surface area contributed by atoms with Crippen LogP contribution in [0.4, 0.5) is 5.82 Å². The van der Waals surface area contributed by atoms with Crippen molar-refractivity contribution in [3.63, 3.8) is 0 Å². The maximum atomic E-state index is 9.48. The second-order valence-electron chi connectivity index (χ2n) is 6.95. The zero-order valence-electron chi connectivity index (χ0n) is 14.5. The van der Waals surface area contributed by atoms with Crippen molar-refractivity contribution in [1.82, 2.24) is 20.0 Å². The predicted molar refractivity (Wildman–Crippen MR) is 93.1 cm³/mol. The van der Waals surface area contributed by atoms with Crippen LogP contribution in [0.25, 0.3) is 0 Å². The molecule has 1 aliphatic carbocycles. The second-order valence-corrected chi connectivity index (χ2v) is 6.95. The molecule has 7 nitrogen and oxygen atoms in total. The number of ether oxygens (including phenoxy) is 1. The van der Waals surface area contributed by atoms with Gasteiger partial charge >= 0.3 is 0 Å². The fraction of sp³-hybridized carbons (Fsp3) is 0.611. The first-order chi connectivity index (χ1) is 12.3.